The first kappa shape index (κ1) is 14.6. The SMILES string of the molecule is CC(C)C(=O)COCN(C(C)C)C(C)C. The number of rotatable bonds is 7. The lowest BCUT2D eigenvalue weighted by Crippen LogP contribution is -2.39. The maximum atomic E-state index is 11.3. The molecule has 0 aliphatic rings. The monoisotopic (exact) mass is 215 g/mol. The molecule has 0 aromatic rings. The van der Waals surface area contributed by atoms with Gasteiger partial charge in [0.1, 0.15) is 13.3 Å². The number of carbonyl (C=O) groups is 1. The maximum absolute atomic E-state index is 11.3. The van der Waals surface area contributed by atoms with Crippen molar-refractivity contribution in [3.05, 3.63) is 0 Å². The molecule has 0 saturated carbocycles. The number of carbonyl (C=O) groups excluding carboxylic acids is 1. The lowest BCUT2D eigenvalue weighted by molar-refractivity contribution is -0.129. The zero-order valence-corrected chi connectivity index (χ0v) is 10.9. The van der Waals surface area contributed by atoms with Crippen LogP contribution < -0.4 is 0 Å². The smallest absolute Gasteiger partial charge is 0.161 e. The molecule has 3 heteroatoms. The molecule has 0 aromatic heterocycles. The minimum Gasteiger partial charge on any atom is -0.358 e. The molecule has 0 aromatic carbocycles. The second-order valence-corrected chi connectivity index (χ2v) is 4.80. The van der Waals surface area contributed by atoms with E-state index in [4.69, 9.17) is 4.74 Å². The van der Waals surface area contributed by atoms with E-state index in [-0.39, 0.29) is 18.3 Å². The van der Waals surface area contributed by atoms with Gasteiger partial charge in [-0.3, -0.25) is 9.69 Å². The Hall–Kier alpha value is -0.410. The first-order valence-corrected chi connectivity index (χ1v) is 5.72. The van der Waals surface area contributed by atoms with E-state index in [1.54, 1.807) is 0 Å². The minimum absolute atomic E-state index is 0.0662. The predicted molar refractivity (Wildman–Crippen MR) is 62.8 cm³/mol. The predicted octanol–water partition coefficient (Wildman–Crippen LogP) is 2.30. The van der Waals surface area contributed by atoms with Crippen LogP contribution in [0.5, 0.6) is 0 Å². The summed E-state index contributed by atoms with van der Waals surface area (Å²) in [7, 11) is 0. The number of ketones is 1. The van der Waals surface area contributed by atoms with Crippen LogP contribution in [0.15, 0.2) is 0 Å². The molecule has 0 unspecified atom stereocenters. The standard InChI is InChI=1S/C12H25NO2/c1-9(2)12(14)7-15-8-13(10(3)4)11(5)6/h9-11H,7-8H2,1-6H3. The molecule has 0 aliphatic carbocycles. The first-order valence-electron chi connectivity index (χ1n) is 5.72. The van der Waals surface area contributed by atoms with Gasteiger partial charge in [-0.15, -0.1) is 0 Å². The van der Waals surface area contributed by atoms with Crippen molar-refractivity contribution in [2.75, 3.05) is 13.3 Å². The van der Waals surface area contributed by atoms with Crippen LogP contribution in [0.2, 0.25) is 0 Å². The highest BCUT2D eigenvalue weighted by Crippen LogP contribution is 2.05. The number of hydrogen-bond donors (Lipinski definition) is 0. The summed E-state index contributed by atoms with van der Waals surface area (Å²) in [6.45, 7) is 13.1. The minimum atomic E-state index is 0.0662. The Morgan fingerprint density at radius 2 is 1.53 bits per heavy atom. The lowest BCUT2D eigenvalue weighted by Gasteiger charge is -2.29. The van der Waals surface area contributed by atoms with Gasteiger partial charge in [0.05, 0.1) is 0 Å². The maximum Gasteiger partial charge on any atom is 0.161 e. The van der Waals surface area contributed by atoms with E-state index in [1.165, 1.54) is 0 Å². The van der Waals surface area contributed by atoms with Crippen LogP contribution >= 0.6 is 0 Å². The van der Waals surface area contributed by atoms with Crippen molar-refractivity contribution in [2.45, 2.75) is 53.6 Å². The van der Waals surface area contributed by atoms with Crippen molar-refractivity contribution in [3.8, 4) is 0 Å². The summed E-state index contributed by atoms with van der Waals surface area (Å²) in [5.41, 5.74) is 0. The van der Waals surface area contributed by atoms with Crippen molar-refractivity contribution >= 4 is 5.78 Å². The normalized spacial score (nSPS) is 12.1. The highest BCUT2D eigenvalue weighted by atomic mass is 16.5. The molecule has 0 radical (unpaired) electrons. The Morgan fingerprint density at radius 1 is 1.07 bits per heavy atom. The van der Waals surface area contributed by atoms with Crippen molar-refractivity contribution < 1.29 is 9.53 Å². The van der Waals surface area contributed by atoms with Crippen molar-refractivity contribution in [1.82, 2.24) is 4.90 Å². The zero-order chi connectivity index (χ0) is 12.0. The fraction of sp³-hybridized carbons (Fsp3) is 0.917. The summed E-state index contributed by atoms with van der Waals surface area (Å²) in [5.74, 6) is 0.235. The van der Waals surface area contributed by atoms with Crippen LogP contribution in [0.25, 0.3) is 0 Å². The number of ether oxygens (including phenoxy) is 1. The van der Waals surface area contributed by atoms with Gasteiger partial charge in [0.2, 0.25) is 0 Å². The molecule has 0 heterocycles. The van der Waals surface area contributed by atoms with Crippen LogP contribution in [0.3, 0.4) is 0 Å². The van der Waals surface area contributed by atoms with Crippen LogP contribution in [0.4, 0.5) is 0 Å². The van der Waals surface area contributed by atoms with Crippen molar-refractivity contribution in [2.24, 2.45) is 5.92 Å². The third-order valence-corrected chi connectivity index (χ3v) is 2.46. The fourth-order valence-electron chi connectivity index (χ4n) is 1.31. The van der Waals surface area contributed by atoms with Crippen LogP contribution in [0.1, 0.15) is 41.5 Å². The van der Waals surface area contributed by atoms with E-state index < -0.39 is 0 Å². The quantitative estimate of drug-likeness (QED) is 0.610. The highest BCUT2D eigenvalue weighted by Gasteiger charge is 2.14. The Kier molecular flexibility index (Phi) is 6.77. The van der Waals surface area contributed by atoms with Gasteiger partial charge >= 0.3 is 0 Å². The van der Waals surface area contributed by atoms with Gasteiger partial charge in [0, 0.05) is 18.0 Å². The van der Waals surface area contributed by atoms with E-state index >= 15 is 0 Å². The molecular weight excluding hydrogens is 190 g/mol. The van der Waals surface area contributed by atoms with Gasteiger partial charge < -0.3 is 4.74 Å². The Morgan fingerprint density at radius 3 is 1.87 bits per heavy atom. The van der Waals surface area contributed by atoms with Crippen molar-refractivity contribution in [1.29, 1.82) is 0 Å². The molecule has 0 N–H and O–H groups in total. The Labute approximate surface area is 93.8 Å². The van der Waals surface area contributed by atoms with Gasteiger partial charge in [-0.1, -0.05) is 13.8 Å². The van der Waals surface area contributed by atoms with Gasteiger partial charge in [-0.2, -0.15) is 0 Å². The van der Waals surface area contributed by atoms with Crippen molar-refractivity contribution in [3.63, 3.8) is 0 Å². The van der Waals surface area contributed by atoms with Crippen LogP contribution in [0, 0.1) is 5.92 Å². The molecule has 0 rings (SSSR count). The summed E-state index contributed by atoms with van der Waals surface area (Å²) in [6.07, 6.45) is 0. The van der Waals surface area contributed by atoms with E-state index in [1.807, 2.05) is 13.8 Å². The van der Waals surface area contributed by atoms with Crippen LogP contribution in [-0.4, -0.2) is 36.1 Å². The third kappa shape index (κ3) is 5.90. The van der Waals surface area contributed by atoms with E-state index in [0.717, 1.165) is 0 Å². The molecule has 0 atom stereocenters. The Bertz CT molecular complexity index is 180. The average Bonchev–Trinajstić information content (AvgIpc) is 2.10. The summed E-state index contributed by atoms with van der Waals surface area (Å²) >= 11 is 0. The number of Topliss-reactive ketones (excluding diaryl/α,β-unsaturated/α-hetero) is 1. The van der Waals surface area contributed by atoms with E-state index in [0.29, 0.717) is 18.8 Å². The molecule has 0 fully saturated rings. The average molecular weight is 215 g/mol. The third-order valence-electron chi connectivity index (χ3n) is 2.46. The molecule has 3 nitrogen and oxygen atoms in total. The number of nitrogens with zero attached hydrogens (tertiary/aromatic N) is 1. The fourth-order valence-corrected chi connectivity index (χ4v) is 1.31. The highest BCUT2D eigenvalue weighted by molar-refractivity contribution is 5.81. The lowest BCUT2D eigenvalue weighted by atomic mass is 10.1. The molecule has 0 bridgehead atoms. The molecule has 0 spiro atoms. The van der Waals surface area contributed by atoms with Gasteiger partial charge in [-0.05, 0) is 27.7 Å². The van der Waals surface area contributed by atoms with E-state index in [2.05, 4.69) is 32.6 Å². The van der Waals surface area contributed by atoms with Gasteiger partial charge in [-0.25, -0.2) is 0 Å². The van der Waals surface area contributed by atoms with Gasteiger partial charge in [0.25, 0.3) is 0 Å². The first-order chi connectivity index (χ1) is 6.86. The second-order valence-electron chi connectivity index (χ2n) is 4.80. The zero-order valence-electron chi connectivity index (χ0n) is 10.9. The summed E-state index contributed by atoms with van der Waals surface area (Å²) in [6, 6.07) is 0.887. The summed E-state index contributed by atoms with van der Waals surface area (Å²) in [5, 5.41) is 0. The molecule has 15 heavy (non-hydrogen) atoms. The summed E-state index contributed by atoms with van der Waals surface area (Å²) < 4.78 is 5.42. The topological polar surface area (TPSA) is 29.5 Å². The van der Waals surface area contributed by atoms with Gasteiger partial charge in [0.15, 0.2) is 5.78 Å². The number of hydrogen-bond acceptors (Lipinski definition) is 3. The second kappa shape index (κ2) is 6.96. The largest absolute Gasteiger partial charge is 0.358 e. The molecule has 0 saturated heterocycles. The molecule has 0 aliphatic heterocycles. The molecular formula is C12H25NO2. The molecule has 0 amide bonds. The molecule has 90 valence electrons. The van der Waals surface area contributed by atoms with E-state index in [9.17, 15) is 4.79 Å². The Balaban J connectivity index is 3.87. The summed E-state index contributed by atoms with van der Waals surface area (Å²) in [4.78, 5) is 13.5. The van der Waals surface area contributed by atoms with Crippen LogP contribution in [-0.2, 0) is 9.53 Å².